The summed E-state index contributed by atoms with van der Waals surface area (Å²) in [6.07, 6.45) is 0. The number of hydrogen-bond donors (Lipinski definition) is 2. The summed E-state index contributed by atoms with van der Waals surface area (Å²) in [5, 5.41) is 4.59. The second kappa shape index (κ2) is 8.46. The summed E-state index contributed by atoms with van der Waals surface area (Å²) >= 11 is 9.15. The summed E-state index contributed by atoms with van der Waals surface area (Å²) in [4.78, 5) is 12.0. The maximum Gasteiger partial charge on any atom is 0.279 e. The van der Waals surface area contributed by atoms with Gasteiger partial charge in [0, 0.05) is 11.3 Å². The Morgan fingerprint density at radius 2 is 2.12 bits per heavy atom. The highest BCUT2D eigenvalue weighted by molar-refractivity contribution is 9.10. The molecule has 0 fully saturated rings. The SMILES string of the molecule is COc1ccc([C@H](C)[NH2+]CC(=O)Nc2ccc(F)c(Cl)c2)cc1Br. The normalized spacial score (nSPS) is 11.9. The number of halogens is 3. The third-order valence-electron chi connectivity index (χ3n) is 3.56. The highest BCUT2D eigenvalue weighted by Gasteiger charge is 2.14. The van der Waals surface area contributed by atoms with Gasteiger partial charge in [-0.05, 0) is 59.3 Å². The minimum atomic E-state index is -0.514. The van der Waals surface area contributed by atoms with Crippen LogP contribution in [-0.2, 0) is 4.79 Å². The van der Waals surface area contributed by atoms with Crippen LogP contribution in [0.2, 0.25) is 5.02 Å². The average molecular weight is 417 g/mol. The van der Waals surface area contributed by atoms with Crippen molar-refractivity contribution >= 4 is 39.1 Å². The minimum absolute atomic E-state index is 0.0202. The Hall–Kier alpha value is -1.63. The molecule has 0 aliphatic carbocycles. The van der Waals surface area contributed by atoms with Gasteiger partial charge in [-0.2, -0.15) is 0 Å². The van der Waals surface area contributed by atoms with E-state index >= 15 is 0 Å². The molecule has 0 spiro atoms. The molecule has 1 atom stereocenters. The number of amides is 1. The fourth-order valence-electron chi connectivity index (χ4n) is 2.17. The zero-order valence-corrected chi connectivity index (χ0v) is 15.6. The van der Waals surface area contributed by atoms with Gasteiger partial charge < -0.3 is 15.4 Å². The van der Waals surface area contributed by atoms with Crippen LogP contribution in [0, 0.1) is 5.82 Å². The van der Waals surface area contributed by atoms with E-state index in [0.29, 0.717) is 5.69 Å². The van der Waals surface area contributed by atoms with E-state index in [1.807, 2.05) is 30.4 Å². The maximum atomic E-state index is 13.1. The Bertz CT molecular complexity index is 743. The number of nitrogens with two attached hydrogens (primary N) is 1. The van der Waals surface area contributed by atoms with Crippen LogP contribution in [0.4, 0.5) is 10.1 Å². The first kappa shape index (κ1) is 18.7. The minimum Gasteiger partial charge on any atom is -0.496 e. The van der Waals surface area contributed by atoms with Crippen molar-refractivity contribution in [1.29, 1.82) is 0 Å². The van der Waals surface area contributed by atoms with Gasteiger partial charge in [0.1, 0.15) is 17.6 Å². The first-order valence-electron chi connectivity index (χ1n) is 7.32. The molecule has 0 radical (unpaired) electrons. The summed E-state index contributed by atoms with van der Waals surface area (Å²) in [5.74, 6) is 0.0638. The molecular formula is C17H18BrClFN2O2+. The standard InChI is InChI=1S/C17H17BrClFN2O2/c1-10(11-3-6-16(24-2)13(18)7-11)21-9-17(23)22-12-4-5-15(20)14(19)8-12/h3-8,10,21H,9H2,1-2H3,(H,22,23)/p+1/t10-/m0/s1. The number of nitrogens with one attached hydrogen (secondary N) is 1. The molecule has 4 nitrogen and oxygen atoms in total. The first-order chi connectivity index (χ1) is 11.4. The lowest BCUT2D eigenvalue weighted by molar-refractivity contribution is -0.682. The van der Waals surface area contributed by atoms with Crippen LogP contribution < -0.4 is 15.4 Å². The lowest BCUT2D eigenvalue weighted by Gasteiger charge is -2.13. The smallest absolute Gasteiger partial charge is 0.279 e. The highest BCUT2D eigenvalue weighted by atomic mass is 79.9. The molecule has 2 rings (SSSR count). The molecular weight excluding hydrogens is 399 g/mol. The number of rotatable bonds is 6. The molecule has 3 N–H and O–H groups in total. The van der Waals surface area contributed by atoms with Gasteiger partial charge in [-0.15, -0.1) is 0 Å². The van der Waals surface area contributed by atoms with Crippen molar-refractivity contribution in [3.8, 4) is 5.75 Å². The predicted molar refractivity (Wildman–Crippen MR) is 95.9 cm³/mol. The van der Waals surface area contributed by atoms with E-state index in [1.165, 1.54) is 18.2 Å². The number of carbonyl (C=O) groups excluding carboxylic acids is 1. The number of ether oxygens (including phenoxy) is 1. The second-order valence-corrected chi connectivity index (χ2v) is 6.56. The molecule has 24 heavy (non-hydrogen) atoms. The third-order valence-corrected chi connectivity index (χ3v) is 4.47. The molecule has 2 aromatic rings. The molecule has 2 aromatic carbocycles. The van der Waals surface area contributed by atoms with Crippen LogP contribution in [-0.4, -0.2) is 19.6 Å². The Kier molecular flexibility index (Phi) is 6.60. The Morgan fingerprint density at radius 1 is 1.38 bits per heavy atom. The highest BCUT2D eigenvalue weighted by Crippen LogP contribution is 2.27. The zero-order valence-electron chi connectivity index (χ0n) is 13.3. The van der Waals surface area contributed by atoms with E-state index in [4.69, 9.17) is 16.3 Å². The lowest BCUT2D eigenvalue weighted by atomic mass is 10.1. The monoisotopic (exact) mass is 415 g/mol. The van der Waals surface area contributed by atoms with Gasteiger partial charge in [-0.1, -0.05) is 11.6 Å². The van der Waals surface area contributed by atoms with E-state index < -0.39 is 5.82 Å². The molecule has 0 aromatic heterocycles. The van der Waals surface area contributed by atoms with Crippen LogP contribution >= 0.6 is 27.5 Å². The molecule has 0 bridgehead atoms. The van der Waals surface area contributed by atoms with E-state index in [1.54, 1.807) is 7.11 Å². The molecule has 128 valence electrons. The van der Waals surface area contributed by atoms with Crippen LogP contribution in [0.25, 0.3) is 0 Å². The van der Waals surface area contributed by atoms with Gasteiger partial charge in [-0.25, -0.2) is 4.39 Å². The Morgan fingerprint density at radius 3 is 2.75 bits per heavy atom. The van der Waals surface area contributed by atoms with Crippen molar-refractivity contribution in [1.82, 2.24) is 0 Å². The van der Waals surface area contributed by atoms with Crippen LogP contribution in [0.1, 0.15) is 18.5 Å². The fourth-order valence-corrected chi connectivity index (χ4v) is 2.91. The third kappa shape index (κ3) is 4.93. The second-order valence-electron chi connectivity index (χ2n) is 5.30. The van der Waals surface area contributed by atoms with Gasteiger partial charge in [0.15, 0.2) is 6.54 Å². The molecule has 0 unspecified atom stereocenters. The summed E-state index contributed by atoms with van der Waals surface area (Å²) in [6, 6.07) is 9.99. The molecule has 0 heterocycles. The maximum absolute atomic E-state index is 13.1. The number of methoxy groups -OCH3 is 1. The fraction of sp³-hybridized carbons (Fsp3) is 0.235. The summed E-state index contributed by atoms with van der Waals surface area (Å²) in [7, 11) is 1.61. The molecule has 0 saturated heterocycles. The average Bonchev–Trinajstić information content (AvgIpc) is 2.56. The Balaban J connectivity index is 1.90. The summed E-state index contributed by atoms with van der Waals surface area (Å²) < 4.78 is 19.2. The van der Waals surface area contributed by atoms with Crippen LogP contribution in [0.5, 0.6) is 5.75 Å². The van der Waals surface area contributed by atoms with Crippen molar-refractivity contribution in [3.63, 3.8) is 0 Å². The van der Waals surface area contributed by atoms with E-state index in [-0.39, 0.29) is 23.5 Å². The lowest BCUT2D eigenvalue weighted by Crippen LogP contribution is -2.86. The van der Waals surface area contributed by atoms with E-state index in [9.17, 15) is 9.18 Å². The zero-order chi connectivity index (χ0) is 17.7. The predicted octanol–water partition coefficient (Wildman–Crippen LogP) is 3.51. The van der Waals surface area contributed by atoms with Crippen molar-refractivity contribution in [2.75, 3.05) is 19.0 Å². The largest absolute Gasteiger partial charge is 0.496 e. The quantitative estimate of drug-likeness (QED) is 0.757. The van der Waals surface area contributed by atoms with E-state index in [0.717, 1.165) is 15.8 Å². The number of anilines is 1. The molecule has 7 heteroatoms. The van der Waals surface area contributed by atoms with Crippen LogP contribution in [0.15, 0.2) is 40.9 Å². The molecule has 0 aliphatic rings. The van der Waals surface area contributed by atoms with Gasteiger partial charge in [0.2, 0.25) is 0 Å². The Labute approximate surface area is 153 Å². The first-order valence-corrected chi connectivity index (χ1v) is 8.49. The number of quaternary nitrogens is 1. The van der Waals surface area contributed by atoms with Crippen molar-refractivity contribution in [2.45, 2.75) is 13.0 Å². The van der Waals surface area contributed by atoms with Gasteiger partial charge in [0.05, 0.1) is 16.6 Å². The van der Waals surface area contributed by atoms with Gasteiger partial charge in [0.25, 0.3) is 5.91 Å². The van der Waals surface area contributed by atoms with E-state index in [2.05, 4.69) is 21.2 Å². The number of carbonyl (C=O) groups is 1. The topological polar surface area (TPSA) is 54.9 Å². The van der Waals surface area contributed by atoms with Crippen molar-refractivity contribution < 1.29 is 19.2 Å². The molecule has 0 saturated carbocycles. The number of benzene rings is 2. The summed E-state index contributed by atoms with van der Waals surface area (Å²) in [5.41, 5.74) is 1.54. The van der Waals surface area contributed by atoms with Crippen molar-refractivity contribution in [3.05, 3.63) is 57.3 Å². The number of hydrogen-bond acceptors (Lipinski definition) is 2. The van der Waals surface area contributed by atoms with Gasteiger partial charge >= 0.3 is 0 Å². The molecule has 1 amide bonds. The van der Waals surface area contributed by atoms with Gasteiger partial charge in [-0.3, -0.25) is 4.79 Å². The molecule has 0 aliphatic heterocycles. The summed E-state index contributed by atoms with van der Waals surface area (Å²) in [6.45, 7) is 2.25. The van der Waals surface area contributed by atoms with Crippen LogP contribution in [0.3, 0.4) is 0 Å². The van der Waals surface area contributed by atoms with Crippen molar-refractivity contribution in [2.24, 2.45) is 0 Å².